The van der Waals surface area contributed by atoms with Crippen LogP contribution in [0, 0.1) is 18.6 Å². The lowest BCUT2D eigenvalue weighted by atomic mass is 10.00. The number of aliphatic hydroxyl groups excluding tert-OH is 10. The standard InChI is InChI=1S/C64H89F2N9O21/c1-36-56(63(95)75(32-44(67)38-13-6-5-7-14-38)64(96)74(36)31-41-42(65)16-11-17-43(41)66)39-15-10-12-37(28-39)19-23-51(83)68-27-9-4-2-3-8-18-54(86)72-45(21-25-53(85)70-30-48(80)58(90)60(92)50(82)35-78)62(94)73-46(22-26-55(87)88)61(93)71-40(33-76)20-24-52(84)69-29-47(79)57(89)59(91)49(81)34-77/h5-7,10-17,28,33,40,44-50,57-60,77-82,89-92H,2-4,8-9,18-27,29-32,34-35,67H2,1H3,(H,68,83)(H,69,84)(H,70,85)(H,71,93)(H,72,86)(H,73,94)(H,87,88)/t40-,44-,45-,46-,47+,48+,49-,50-,57-,58-,59-,60-/m1/s1. The molecule has 0 unspecified atom stereocenters. The summed E-state index contributed by atoms with van der Waals surface area (Å²) in [5, 5.41) is 121. The second kappa shape index (κ2) is 41.0. The number of carboxylic acid groups (broad SMARTS) is 1. The van der Waals surface area contributed by atoms with E-state index in [9.17, 15) is 103 Å². The fourth-order valence-electron chi connectivity index (χ4n) is 10.1. The van der Waals surface area contributed by atoms with Gasteiger partial charge in [-0.25, -0.2) is 13.6 Å². The zero-order valence-electron chi connectivity index (χ0n) is 53.0. The van der Waals surface area contributed by atoms with Crippen LogP contribution in [0.2, 0.25) is 0 Å². The minimum Gasteiger partial charge on any atom is -0.481 e. The van der Waals surface area contributed by atoms with E-state index in [1.165, 1.54) is 13.0 Å². The Labute approximate surface area is 550 Å². The Hall–Kier alpha value is -8.28. The van der Waals surface area contributed by atoms with E-state index in [2.05, 4.69) is 31.9 Å². The van der Waals surface area contributed by atoms with E-state index in [4.69, 9.17) is 15.9 Å². The normalized spacial score (nSPS) is 15.2. The number of nitrogens with zero attached hydrogens (tertiary/aromatic N) is 2. The summed E-state index contributed by atoms with van der Waals surface area (Å²) in [4.78, 5) is 131. The van der Waals surface area contributed by atoms with Crippen LogP contribution < -0.4 is 48.9 Å². The number of halogens is 2. The van der Waals surface area contributed by atoms with Gasteiger partial charge in [0.2, 0.25) is 35.4 Å². The number of aldehydes is 1. The van der Waals surface area contributed by atoms with E-state index in [1.54, 1.807) is 54.6 Å². The minimum atomic E-state index is -2.03. The van der Waals surface area contributed by atoms with Crippen molar-refractivity contribution in [2.24, 2.45) is 5.73 Å². The molecular formula is C64H89F2N9O21. The van der Waals surface area contributed by atoms with Crippen LogP contribution in [0.4, 0.5) is 8.78 Å². The molecule has 12 atom stereocenters. The van der Waals surface area contributed by atoms with Gasteiger partial charge in [0.05, 0.1) is 50.1 Å². The second-order valence-electron chi connectivity index (χ2n) is 23.2. The zero-order chi connectivity index (χ0) is 71.2. The Bertz CT molecular complexity index is 3310. The summed E-state index contributed by atoms with van der Waals surface area (Å²) in [6, 6.07) is 13.4. The van der Waals surface area contributed by atoms with E-state index >= 15 is 0 Å². The third-order valence-corrected chi connectivity index (χ3v) is 15.9. The van der Waals surface area contributed by atoms with Crippen molar-refractivity contribution < 1.29 is 103 Å². The molecule has 0 saturated heterocycles. The van der Waals surface area contributed by atoms with Gasteiger partial charge in [-0.05, 0) is 74.3 Å². The summed E-state index contributed by atoms with van der Waals surface area (Å²) < 4.78 is 32.0. The number of aliphatic carboxylic acids is 1. The van der Waals surface area contributed by atoms with E-state index in [1.807, 2.05) is 0 Å². The number of benzene rings is 3. The van der Waals surface area contributed by atoms with Crippen LogP contribution in [0.1, 0.15) is 112 Å². The number of amides is 6. The Balaban J connectivity index is 1.34. The number of carbonyl (C=O) groups excluding carboxylic acids is 7. The molecule has 1 aromatic heterocycles. The number of unbranched alkanes of at least 4 members (excludes halogenated alkanes) is 4. The highest BCUT2D eigenvalue weighted by atomic mass is 19.1. The number of hydrogen-bond donors (Lipinski definition) is 18. The summed E-state index contributed by atoms with van der Waals surface area (Å²) in [5.74, 6) is -8.00. The van der Waals surface area contributed by atoms with Gasteiger partial charge in [-0.2, -0.15) is 0 Å². The fourth-order valence-corrected chi connectivity index (χ4v) is 10.1. The maximum Gasteiger partial charge on any atom is 0.331 e. The minimum absolute atomic E-state index is 0.0531. The molecule has 530 valence electrons. The number of carbonyl (C=O) groups is 8. The Morgan fingerprint density at radius 2 is 1.09 bits per heavy atom. The van der Waals surface area contributed by atoms with Gasteiger partial charge in [0.15, 0.2) is 0 Å². The number of rotatable bonds is 44. The third-order valence-electron chi connectivity index (χ3n) is 15.9. The first-order valence-electron chi connectivity index (χ1n) is 31.3. The largest absolute Gasteiger partial charge is 0.481 e. The van der Waals surface area contributed by atoms with E-state index in [-0.39, 0.29) is 67.7 Å². The topological polar surface area (TPSA) is 501 Å². The monoisotopic (exact) mass is 1360 g/mol. The molecule has 6 amide bonds. The van der Waals surface area contributed by atoms with Crippen molar-refractivity contribution >= 4 is 47.7 Å². The van der Waals surface area contributed by atoms with Crippen molar-refractivity contribution in [3.8, 4) is 11.1 Å². The van der Waals surface area contributed by atoms with Gasteiger partial charge in [0.25, 0.3) is 5.56 Å². The lowest BCUT2D eigenvalue weighted by Gasteiger charge is -2.26. The molecule has 0 aliphatic rings. The van der Waals surface area contributed by atoms with E-state index in [0.29, 0.717) is 48.9 Å². The van der Waals surface area contributed by atoms with Gasteiger partial charge in [-0.15, -0.1) is 0 Å². The molecule has 0 spiro atoms. The van der Waals surface area contributed by atoms with Gasteiger partial charge in [0, 0.05) is 69.0 Å². The van der Waals surface area contributed by atoms with Crippen molar-refractivity contribution in [3.63, 3.8) is 0 Å². The zero-order valence-corrected chi connectivity index (χ0v) is 53.0. The predicted molar refractivity (Wildman–Crippen MR) is 338 cm³/mol. The Kier molecular flexibility index (Phi) is 34.2. The lowest BCUT2D eigenvalue weighted by molar-refractivity contribution is -0.138. The summed E-state index contributed by atoms with van der Waals surface area (Å²) in [6.07, 6.45) is -15.6. The summed E-state index contributed by atoms with van der Waals surface area (Å²) >= 11 is 0. The number of nitrogens with two attached hydrogens (primary N) is 1. The highest BCUT2D eigenvalue weighted by molar-refractivity contribution is 5.93. The van der Waals surface area contributed by atoms with Crippen LogP contribution in [0.15, 0.2) is 82.4 Å². The molecule has 0 aliphatic carbocycles. The van der Waals surface area contributed by atoms with Crippen LogP contribution >= 0.6 is 0 Å². The molecule has 32 heteroatoms. The third kappa shape index (κ3) is 25.7. The maximum absolute atomic E-state index is 15.0. The van der Waals surface area contributed by atoms with Crippen molar-refractivity contribution in [2.45, 2.75) is 183 Å². The highest BCUT2D eigenvalue weighted by Gasteiger charge is 2.33. The maximum atomic E-state index is 15.0. The van der Waals surface area contributed by atoms with Crippen LogP contribution in [-0.2, 0) is 57.9 Å². The van der Waals surface area contributed by atoms with Gasteiger partial charge < -0.3 is 98.6 Å². The first-order chi connectivity index (χ1) is 45.6. The number of hydrogen-bond acceptors (Lipinski definition) is 21. The number of carboxylic acids is 1. The number of aryl methyl sites for hydroxylation is 1. The van der Waals surface area contributed by atoms with E-state index < -0.39 is 196 Å². The van der Waals surface area contributed by atoms with E-state index in [0.717, 1.165) is 21.3 Å². The molecule has 0 aliphatic heterocycles. The summed E-state index contributed by atoms with van der Waals surface area (Å²) in [6.45, 7) is -2.22. The Morgan fingerprint density at radius 1 is 0.573 bits per heavy atom. The molecule has 0 bridgehead atoms. The molecule has 19 N–H and O–H groups in total. The summed E-state index contributed by atoms with van der Waals surface area (Å²) in [7, 11) is 0. The van der Waals surface area contributed by atoms with Crippen molar-refractivity contribution in [1.82, 2.24) is 41.0 Å². The van der Waals surface area contributed by atoms with Crippen LogP contribution in [-0.4, -0.2) is 213 Å². The van der Waals surface area contributed by atoms with Crippen molar-refractivity contribution in [2.75, 3.05) is 32.8 Å². The van der Waals surface area contributed by atoms with Crippen molar-refractivity contribution in [3.05, 3.63) is 128 Å². The average molecular weight is 1360 g/mol. The molecule has 3 aromatic carbocycles. The second-order valence-corrected chi connectivity index (χ2v) is 23.2. The molecule has 4 aromatic rings. The average Bonchev–Trinajstić information content (AvgIpc) is 0.762. The van der Waals surface area contributed by atoms with Crippen LogP contribution in [0.25, 0.3) is 11.1 Å². The number of aromatic nitrogens is 2. The molecular weight excluding hydrogens is 1270 g/mol. The van der Waals surface area contributed by atoms with Gasteiger partial charge in [0.1, 0.15) is 66.6 Å². The smallest absolute Gasteiger partial charge is 0.331 e. The fraction of sp³-hybridized carbons (Fsp3) is 0.531. The quantitative estimate of drug-likeness (QED) is 0.0151. The number of aliphatic hydroxyl groups is 10. The van der Waals surface area contributed by atoms with Gasteiger partial charge >= 0.3 is 11.7 Å². The molecule has 0 fully saturated rings. The molecule has 0 saturated carbocycles. The molecule has 0 radical (unpaired) electrons. The Morgan fingerprint density at radius 3 is 1.68 bits per heavy atom. The first kappa shape index (κ1) is 80.2. The lowest BCUT2D eigenvalue weighted by Crippen LogP contribution is -2.55. The van der Waals surface area contributed by atoms with Crippen LogP contribution in [0.3, 0.4) is 0 Å². The first-order valence-corrected chi connectivity index (χ1v) is 31.3. The van der Waals surface area contributed by atoms with Crippen molar-refractivity contribution in [1.29, 1.82) is 0 Å². The predicted octanol–water partition coefficient (Wildman–Crippen LogP) is -3.42. The molecule has 4 rings (SSSR count). The van der Waals surface area contributed by atoms with Gasteiger partial charge in [-0.1, -0.05) is 79.9 Å². The number of nitrogens with one attached hydrogen (secondary N) is 6. The summed E-state index contributed by atoms with van der Waals surface area (Å²) in [5.41, 5.74) is 6.57. The SMILES string of the molecule is Cc1c(-c2cccc(CCC(=O)NCCCCCCCC(=O)N[C@H](CCC(=O)NC[C@H](O)[C@@H](O)[C@H](O)[C@H](O)CO)C(=O)N[C@H](CCC(=O)O)C(=O)N[C@@H](C=O)CCC(=O)NC[C@H](O)[C@@H](O)[C@H](O)[C@H](O)CO)c2)c(=O)n(C[C@@H](N)c2ccccc2)c(=O)n1Cc1c(F)cccc1F. The molecule has 1 heterocycles. The molecule has 30 nitrogen and oxygen atoms in total. The highest BCUT2D eigenvalue weighted by Crippen LogP contribution is 2.24. The van der Waals surface area contributed by atoms with Gasteiger partial charge in [-0.3, -0.25) is 47.5 Å². The van der Waals surface area contributed by atoms with Crippen LogP contribution in [0.5, 0.6) is 0 Å². The molecule has 96 heavy (non-hydrogen) atoms.